The maximum absolute atomic E-state index is 12.1. The van der Waals surface area contributed by atoms with E-state index in [1.807, 2.05) is 0 Å². The van der Waals surface area contributed by atoms with Crippen LogP contribution in [0.25, 0.3) is 17.2 Å². The number of fused-ring (bicyclic) bond motifs is 1. The fourth-order valence-corrected chi connectivity index (χ4v) is 3.36. The van der Waals surface area contributed by atoms with E-state index in [0.717, 1.165) is 0 Å². The summed E-state index contributed by atoms with van der Waals surface area (Å²) in [5.41, 5.74) is 6.16. The van der Waals surface area contributed by atoms with Gasteiger partial charge in [0.25, 0.3) is 11.5 Å². The summed E-state index contributed by atoms with van der Waals surface area (Å²) in [5.74, 6) is -0.485. The Hall–Kier alpha value is -4.29. The number of H-pyrrole nitrogens is 1. The number of hydrazine groups is 1. The Morgan fingerprint density at radius 1 is 1.15 bits per heavy atom. The molecule has 0 bridgehead atoms. The van der Waals surface area contributed by atoms with Crippen molar-refractivity contribution in [2.75, 3.05) is 12.5 Å². The first-order valence-corrected chi connectivity index (χ1v) is 10.4. The summed E-state index contributed by atoms with van der Waals surface area (Å²) in [6.07, 6.45) is 4.05. The predicted molar refractivity (Wildman–Crippen MR) is 129 cm³/mol. The first kappa shape index (κ1) is 22.9. The van der Waals surface area contributed by atoms with Crippen LogP contribution in [0.15, 0.2) is 58.7 Å². The van der Waals surface area contributed by atoms with Crippen LogP contribution in [0.5, 0.6) is 0 Å². The van der Waals surface area contributed by atoms with Gasteiger partial charge in [-0.05, 0) is 24.3 Å². The maximum atomic E-state index is 12.1. The summed E-state index contributed by atoms with van der Waals surface area (Å²) in [6.45, 7) is 0. The molecule has 12 nitrogen and oxygen atoms in total. The molecule has 0 fully saturated rings. The number of nitrogens with one attached hydrogen (secondary N) is 5. The first-order chi connectivity index (χ1) is 16.4. The fourth-order valence-electron chi connectivity index (χ4n) is 2.87. The number of hydrogen-bond donors (Lipinski definition) is 5. The Bertz CT molecular complexity index is 1460. The number of anilines is 1. The minimum Gasteiger partial charge on any atom is -0.354 e. The monoisotopic (exact) mass is 498 g/mol. The molecule has 0 radical (unpaired) electrons. The van der Waals surface area contributed by atoms with Crippen LogP contribution in [-0.2, 0) is 4.79 Å². The smallest absolute Gasteiger partial charge is 0.276 e. The molecule has 172 valence electrons. The number of halogens is 2. The number of carbonyl (C=O) groups is 1. The van der Waals surface area contributed by atoms with Gasteiger partial charge in [-0.3, -0.25) is 40.9 Å². The van der Waals surface area contributed by atoms with E-state index in [-0.39, 0.29) is 11.4 Å². The Balaban J connectivity index is 1.65. The quantitative estimate of drug-likeness (QED) is 0.154. The normalized spacial score (nSPS) is 11.3. The third-order valence-corrected chi connectivity index (χ3v) is 5.14. The number of para-hydroxylation sites is 1. The van der Waals surface area contributed by atoms with Gasteiger partial charge in [-0.15, -0.1) is 0 Å². The molecule has 0 atom stereocenters. The zero-order valence-corrected chi connectivity index (χ0v) is 18.9. The standard InChI is InChI=1S/C20H16Cl2N10O2/c1-24-20(34)16(23)18(30-29-17-11(21)3-2-4-12(17)22)27-10-5-6-13(26-7-10)19-31-28-14-8-25-9-15(33)32(14)19/h2-9,23,28-29H,1H3,(H,24,34)(H,27,30). The molecule has 5 N–H and O–H groups in total. The largest absolute Gasteiger partial charge is 0.354 e. The van der Waals surface area contributed by atoms with Gasteiger partial charge in [0, 0.05) is 7.05 Å². The predicted octanol–water partition coefficient (Wildman–Crippen LogP) is 2.20. The minimum atomic E-state index is -0.668. The van der Waals surface area contributed by atoms with Gasteiger partial charge in [0.2, 0.25) is 0 Å². The molecule has 4 aromatic rings. The number of rotatable bonds is 6. The second-order valence-electron chi connectivity index (χ2n) is 6.68. The number of carbonyl (C=O) groups excluding carboxylic acids is 1. The molecule has 3 aromatic heterocycles. The first-order valence-electron chi connectivity index (χ1n) is 9.62. The fraction of sp³-hybridized carbons (Fsp3) is 0.0500. The van der Waals surface area contributed by atoms with E-state index in [1.54, 1.807) is 30.3 Å². The van der Waals surface area contributed by atoms with Crippen LogP contribution in [0, 0.1) is 5.41 Å². The van der Waals surface area contributed by atoms with E-state index in [4.69, 9.17) is 28.6 Å². The van der Waals surface area contributed by atoms with Crippen LogP contribution in [0.2, 0.25) is 10.0 Å². The zero-order chi connectivity index (χ0) is 24.2. The van der Waals surface area contributed by atoms with Gasteiger partial charge < -0.3 is 5.32 Å². The van der Waals surface area contributed by atoms with Gasteiger partial charge in [-0.1, -0.05) is 29.3 Å². The Morgan fingerprint density at radius 2 is 1.91 bits per heavy atom. The molecule has 1 amide bonds. The number of nitrogens with zero attached hydrogens (tertiary/aromatic N) is 5. The van der Waals surface area contributed by atoms with Crippen molar-refractivity contribution in [3.05, 3.63) is 69.3 Å². The lowest BCUT2D eigenvalue weighted by Crippen LogP contribution is -2.42. The molecule has 14 heteroatoms. The van der Waals surface area contributed by atoms with E-state index in [9.17, 15) is 9.59 Å². The second kappa shape index (κ2) is 9.68. The van der Waals surface area contributed by atoms with E-state index >= 15 is 0 Å². The number of benzene rings is 1. The molecule has 0 aliphatic rings. The highest BCUT2D eigenvalue weighted by atomic mass is 35.5. The summed E-state index contributed by atoms with van der Waals surface area (Å²) < 4.78 is 1.34. The van der Waals surface area contributed by atoms with Gasteiger partial charge in [-0.25, -0.2) is 9.39 Å². The van der Waals surface area contributed by atoms with E-state index < -0.39 is 11.6 Å². The summed E-state index contributed by atoms with van der Waals surface area (Å²) in [5, 5.41) is 18.0. The Morgan fingerprint density at radius 3 is 2.59 bits per heavy atom. The topological polar surface area (TPSA) is 165 Å². The number of aromatic nitrogens is 5. The minimum absolute atomic E-state index is 0.114. The molecular formula is C20H16Cl2N10O2. The lowest BCUT2D eigenvalue weighted by Gasteiger charge is -2.14. The molecule has 0 aliphatic heterocycles. The molecular weight excluding hydrogens is 483 g/mol. The van der Waals surface area contributed by atoms with Crippen molar-refractivity contribution in [3.8, 4) is 11.5 Å². The van der Waals surface area contributed by atoms with Crippen molar-refractivity contribution in [1.29, 1.82) is 5.41 Å². The molecule has 4 rings (SSSR count). The van der Waals surface area contributed by atoms with Crippen molar-refractivity contribution in [2.45, 2.75) is 0 Å². The highest BCUT2D eigenvalue weighted by Crippen LogP contribution is 2.29. The van der Waals surface area contributed by atoms with Gasteiger partial charge in [0.05, 0.1) is 40.0 Å². The van der Waals surface area contributed by atoms with Crippen LogP contribution in [0.4, 0.5) is 11.4 Å². The molecule has 0 saturated heterocycles. The van der Waals surface area contributed by atoms with Crippen molar-refractivity contribution < 1.29 is 4.79 Å². The molecule has 1 aromatic carbocycles. The van der Waals surface area contributed by atoms with Gasteiger partial charge >= 0.3 is 0 Å². The molecule has 0 aliphatic carbocycles. The van der Waals surface area contributed by atoms with Gasteiger partial charge in [0.15, 0.2) is 23.0 Å². The van der Waals surface area contributed by atoms with E-state index in [1.165, 1.54) is 30.0 Å². The zero-order valence-electron chi connectivity index (χ0n) is 17.4. The van der Waals surface area contributed by atoms with Crippen LogP contribution in [-0.4, -0.2) is 49.1 Å². The third kappa shape index (κ3) is 4.58. The van der Waals surface area contributed by atoms with E-state index in [2.05, 4.69) is 41.3 Å². The lowest BCUT2D eigenvalue weighted by atomic mass is 10.3. The Labute approximate surface area is 201 Å². The number of aromatic amines is 1. The summed E-state index contributed by atoms with van der Waals surface area (Å²) >= 11 is 12.3. The van der Waals surface area contributed by atoms with Crippen molar-refractivity contribution >= 4 is 57.7 Å². The third-order valence-electron chi connectivity index (χ3n) is 4.51. The average molecular weight is 499 g/mol. The van der Waals surface area contributed by atoms with Crippen LogP contribution < -0.4 is 21.7 Å². The van der Waals surface area contributed by atoms with Crippen LogP contribution in [0.1, 0.15) is 0 Å². The number of amides is 1. The molecule has 0 unspecified atom stereocenters. The highest BCUT2D eigenvalue weighted by molar-refractivity contribution is 6.65. The summed E-state index contributed by atoms with van der Waals surface area (Å²) in [4.78, 5) is 36.6. The van der Waals surface area contributed by atoms with Crippen molar-refractivity contribution in [1.82, 2.24) is 35.3 Å². The molecule has 3 heterocycles. The molecule has 0 spiro atoms. The average Bonchev–Trinajstić information content (AvgIpc) is 3.28. The maximum Gasteiger partial charge on any atom is 0.276 e. The second-order valence-corrected chi connectivity index (χ2v) is 7.49. The van der Waals surface area contributed by atoms with Gasteiger partial charge in [-0.2, -0.15) is 5.10 Å². The number of pyridine rings is 1. The number of aliphatic imine (C=N–C) groups is 1. The molecule has 0 saturated carbocycles. The SMILES string of the molecule is CNC(=O)C(=N)C(=Nc1ccc(-c2n[nH]c3cncc(=O)n23)nc1)NNc1c(Cl)cccc1Cl. The Kier molecular flexibility index (Phi) is 6.52. The van der Waals surface area contributed by atoms with E-state index in [0.29, 0.717) is 38.6 Å². The summed E-state index contributed by atoms with van der Waals surface area (Å²) in [6, 6.07) is 8.12. The van der Waals surface area contributed by atoms with Crippen molar-refractivity contribution in [3.63, 3.8) is 0 Å². The van der Waals surface area contributed by atoms with Crippen LogP contribution >= 0.6 is 23.2 Å². The van der Waals surface area contributed by atoms with Crippen LogP contribution in [0.3, 0.4) is 0 Å². The highest BCUT2D eigenvalue weighted by Gasteiger charge is 2.17. The van der Waals surface area contributed by atoms with Gasteiger partial charge in [0.1, 0.15) is 5.69 Å². The molecule has 34 heavy (non-hydrogen) atoms. The van der Waals surface area contributed by atoms with Crippen molar-refractivity contribution in [2.24, 2.45) is 4.99 Å². The number of hydrogen-bond acceptors (Lipinski definition) is 8. The number of amidine groups is 1. The lowest BCUT2D eigenvalue weighted by molar-refractivity contribution is -0.114. The summed E-state index contributed by atoms with van der Waals surface area (Å²) in [7, 11) is 1.40.